The molecule has 4 nitrogen and oxygen atoms in total. The number of alkyl halides is 3. The standard InChI is InChI=1S/C11H16F3NO3/c1-7(2)5-9(16)15-4-3-8(6-10(17)18)11(12,13)14/h5,8H,3-4,6H2,1-2H3,(H,15,16)(H,17,18). The van der Waals surface area contributed by atoms with Crippen LogP contribution in [0.5, 0.6) is 0 Å². The average molecular weight is 267 g/mol. The Morgan fingerprint density at radius 1 is 1.33 bits per heavy atom. The molecule has 0 spiro atoms. The third-order valence-corrected chi connectivity index (χ3v) is 2.10. The van der Waals surface area contributed by atoms with E-state index in [1.54, 1.807) is 13.8 Å². The van der Waals surface area contributed by atoms with E-state index in [0.29, 0.717) is 0 Å². The lowest BCUT2D eigenvalue weighted by molar-refractivity contribution is -0.184. The first-order valence-corrected chi connectivity index (χ1v) is 5.34. The van der Waals surface area contributed by atoms with Crippen molar-refractivity contribution in [3.05, 3.63) is 11.6 Å². The van der Waals surface area contributed by atoms with E-state index in [1.807, 2.05) is 0 Å². The van der Waals surface area contributed by atoms with Crippen LogP contribution in [-0.2, 0) is 9.59 Å². The Balaban J connectivity index is 4.25. The van der Waals surface area contributed by atoms with E-state index < -0.39 is 36.8 Å². The fourth-order valence-corrected chi connectivity index (χ4v) is 1.28. The number of aliphatic carboxylic acids is 1. The summed E-state index contributed by atoms with van der Waals surface area (Å²) < 4.78 is 37.3. The van der Waals surface area contributed by atoms with Crippen molar-refractivity contribution in [2.24, 2.45) is 5.92 Å². The number of halogens is 3. The fraction of sp³-hybridized carbons (Fsp3) is 0.636. The first kappa shape index (κ1) is 16.5. The summed E-state index contributed by atoms with van der Waals surface area (Å²) in [5.41, 5.74) is 0.727. The zero-order valence-corrected chi connectivity index (χ0v) is 10.2. The second-order valence-electron chi connectivity index (χ2n) is 4.14. The summed E-state index contributed by atoms with van der Waals surface area (Å²) >= 11 is 0. The van der Waals surface area contributed by atoms with Crippen LogP contribution in [0.3, 0.4) is 0 Å². The Labute approximate surface area is 103 Å². The van der Waals surface area contributed by atoms with Crippen LogP contribution < -0.4 is 5.32 Å². The van der Waals surface area contributed by atoms with Gasteiger partial charge in [-0.2, -0.15) is 13.2 Å². The number of hydrogen-bond donors (Lipinski definition) is 2. The second-order valence-corrected chi connectivity index (χ2v) is 4.14. The third-order valence-electron chi connectivity index (χ3n) is 2.10. The van der Waals surface area contributed by atoms with Crippen molar-refractivity contribution >= 4 is 11.9 Å². The molecule has 7 heteroatoms. The zero-order chi connectivity index (χ0) is 14.3. The number of nitrogens with one attached hydrogen (secondary N) is 1. The maximum Gasteiger partial charge on any atom is 0.392 e. The molecule has 18 heavy (non-hydrogen) atoms. The molecule has 0 aromatic heterocycles. The Bertz CT molecular complexity index is 333. The number of amides is 1. The number of allylic oxidation sites excluding steroid dienone is 1. The third kappa shape index (κ3) is 7.70. The minimum Gasteiger partial charge on any atom is -0.481 e. The molecule has 104 valence electrons. The van der Waals surface area contributed by atoms with Gasteiger partial charge in [-0.1, -0.05) is 5.57 Å². The highest BCUT2D eigenvalue weighted by Crippen LogP contribution is 2.31. The first-order chi connectivity index (χ1) is 8.12. The molecule has 1 amide bonds. The molecule has 0 aliphatic heterocycles. The largest absolute Gasteiger partial charge is 0.481 e. The van der Waals surface area contributed by atoms with Gasteiger partial charge in [-0.25, -0.2) is 0 Å². The van der Waals surface area contributed by atoms with E-state index in [1.165, 1.54) is 6.08 Å². The maximum atomic E-state index is 12.4. The molecule has 0 radical (unpaired) electrons. The van der Waals surface area contributed by atoms with Crippen molar-refractivity contribution < 1.29 is 27.9 Å². The van der Waals surface area contributed by atoms with Gasteiger partial charge < -0.3 is 10.4 Å². The zero-order valence-electron chi connectivity index (χ0n) is 10.2. The van der Waals surface area contributed by atoms with Gasteiger partial charge in [-0.15, -0.1) is 0 Å². The molecule has 2 N–H and O–H groups in total. The molecule has 0 aromatic carbocycles. The lowest BCUT2D eigenvalue weighted by atomic mass is 10.0. The van der Waals surface area contributed by atoms with Gasteiger partial charge in [-0.05, 0) is 20.3 Å². The highest BCUT2D eigenvalue weighted by atomic mass is 19.4. The molecular weight excluding hydrogens is 251 g/mol. The lowest BCUT2D eigenvalue weighted by Gasteiger charge is -2.18. The first-order valence-electron chi connectivity index (χ1n) is 5.34. The molecule has 0 fully saturated rings. The predicted octanol–water partition coefficient (Wildman–Crippen LogP) is 2.11. The van der Waals surface area contributed by atoms with Crippen molar-refractivity contribution in [2.45, 2.75) is 32.9 Å². The van der Waals surface area contributed by atoms with E-state index in [-0.39, 0.29) is 6.54 Å². The molecule has 0 rings (SSSR count). The summed E-state index contributed by atoms with van der Waals surface area (Å²) in [7, 11) is 0. The van der Waals surface area contributed by atoms with E-state index >= 15 is 0 Å². The van der Waals surface area contributed by atoms with Gasteiger partial charge in [0.25, 0.3) is 0 Å². The van der Waals surface area contributed by atoms with Gasteiger partial charge in [0.15, 0.2) is 0 Å². The Morgan fingerprint density at radius 2 is 1.89 bits per heavy atom. The number of carboxylic acids is 1. The van der Waals surface area contributed by atoms with E-state index in [0.717, 1.165) is 5.57 Å². The molecule has 0 aromatic rings. The highest BCUT2D eigenvalue weighted by Gasteiger charge is 2.40. The van der Waals surface area contributed by atoms with Gasteiger partial charge in [0.05, 0.1) is 12.3 Å². The van der Waals surface area contributed by atoms with E-state index in [2.05, 4.69) is 5.32 Å². The summed E-state index contributed by atoms with van der Waals surface area (Å²) in [4.78, 5) is 21.4. The van der Waals surface area contributed by atoms with Crippen molar-refractivity contribution in [3.63, 3.8) is 0 Å². The fourth-order valence-electron chi connectivity index (χ4n) is 1.28. The summed E-state index contributed by atoms with van der Waals surface area (Å²) in [6.45, 7) is 3.16. The number of carbonyl (C=O) groups is 2. The van der Waals surface area contributed by atoms with Crippen LogP contribution in [0, 0.1) is 5.92 Å². The van der Waals surface area contributed by atoms with Crippen LogP contribution in [0.25, 0.3) is 0 Å². The van der Waals surface area contributed by atoms with Crippen LogP contribution in [-0.4, -0.2) is 29.7 Å². The molecule has 0 saturated carbocycles. The van der Waals surface area contributed by atoms with Gasteiger partial charge in [-0.3, -0.25) is 9.59 Å². The minimum atomic E-state index is -4.57. The smallest absolute Gasteiger partial charge is 0.392 e. The molecule has 0 bridgehead atoms. The monoisotopic (exact) mass is 267 g/mol. The van der Waals surface area contributed by atoms with Gasteiger partial charge in [0, 0.05) is 12.6 Å². The lowest BCUT2D eigenvalue weighted by Crippen LogP contribution is -2.31. The summed E-state index contributed by atoms with van der Waals surface area (Å²) in [5, 5.41) is 10.7. The predicted molar refractivity (Wildman–Crippen MR) is 58.9 cm³/mol. The number of rotatable bonds is 6. The molecule has 0 saturated heterocycles. The van der Waals surface area contributed by atoms with Crippen molar-refractivity contribution in [2.75, 3.05) is 6.54 Å². The molecule has 0 aliphatic carbocycles. The topological polar surface area (TPSA) is 66.4 Å². The van der Waals surface area contributed by atoms with E-state index in [9.17, 15) is 22.8 Å². The minimum absolute atomic E-state index is 0.208. The van der Waals surface area contributed by atoms with Crippen LogP contribution in [0.15, 0.2) is 11.6 Å². The summed E-state index contributed by atoms with van der Waals surface area (Å²) in [6, 6.07) is 0. The second kappa shape index (κ2) is 7.03. The molecular formula is C11H16F3NO3. The molecule has 1 atom stereocenters. The molecule has 1 unspecified atom stereocenters. The van der Waals surface area contributed by atoms with Crippen LogP contribution in [0.2, 0.25) is 0 Å². The van der Waals surface area contributed by atoms with Crippen molar-refractivity contribution in [3.8, 4) is 0 Å². The Morgan fingerprint density at radius 3 is 2.28 bits per heavy atom. The molecule has 0 heterocycles. The van der Waals surface area contributed by atoms with Crippen LogP contribution >= 0.6 is 0 Å². The average Bonchev–Trinajstić information content (AvgIpc) is 2.12. The maximum absolute atomic E-state index is 12.4. The van der Waals surface area contributed by atoms with Gasteiger partial charge >= 0.3 is 12.1 Å². The normalized spacial score (nSPS) is 12.7. The van der Waals surface area contributed by atoms with E-state index in [4.69, 9.17) is 5.11 Å². The van der Waals surface area contributed by atoms with Crippen molar-refractivity contribution in [1.29, 1.82) is 0 Å². The highest BCUT2D eigenvalue weighted by molar-refractivity contribution is 5.87. The molecule has 0 aliphatic rings. The van der Waals surface area contributed by atoms with Crippen LogP contribution in [0.1, 0.15) is 26.7 Å². The summed E-state index contributed by atoms with van der Waals surface area (Å²) in [6.07, 6.45) is -4.74. The Kier molecular flexibility index (Phi) is 6.43. The van der Waals surface area contributed by atoms with Gasteiger partial charge in [0.2, 0.25) is 5.91 Å². The van der Waals surface area contributed by atoms with Crippen LogP contribution in [0.4, 0.5) is 13.2 Å². The number of carbonyl (C=O) groups excluding carboxylic acids is 1. The Hall–Kier alpha value is -1.53. The SMILES string of the molecule is CC(C)=CC(=O)NCCC(CC(=O)O)C(F)(F)F. The summed E-state index contributed by atoms with van der Waals surface area (Å²) in [5.74, 6) is -3.93. The quantitative estimate of drug-likeness (QED) is 0.724. The van der Waals surface area contributed by atoms with Crippen molar-refractivity contribution in [1.82, 2.24) is 5.32 Å². The number of hydrogen-bond acceptors (Lipinski definition) is 2. The number of carboxylic acid groups (broad SMARTS) is 1. The van der Waals surface area contributed by atoms with Gasteiger partial charge in [0.1, 0.15) is 0 Å².